The van der Waals surface area contributed by atoms with Crippen molar-refractivity contribution in [3.8, 4) is 11.5 Å². The van der Waals surface area contributed by atoms with Gasteiger partial charge in [-0.25, -0.2) is 0 Å². The molecule has 31 heavy (non-hydrogen) atoms. The molecule has 0 radical (unpaired) electrons. The van der Waals surface area contributed by atoms with Gasteiger partial charge in [-0.15, -0.1) is 0 Å². The molecule has 0 spiro atoms. The highest BCUT2D eigenvalue weighted by Crippen LogP contribution is 2.18. The number of anilines is 1. The summed E-state index contributed by atoms with van der Waals surface area (Å²) < 4.78 is 11.1. The number of ether oxygens (including phenoxy) is 2. The fraction of sp³-hybridized carbons (Fsp3) is 0.200. The minimum atomic E-state index is -0.846. The van der Waals surface area contributed by atoms with E-state index in [1.165, 1.54) is 6.92 Å². The Balaban J connectivity index is 1.46. The van der Waals surface area contributed by atoms with Gasteiger partial charge in [-0.3, -0.25) is 9.59 Å². The third kappa shape index (κ3) is 6.69. The zero-order valence-electron chi connectivity index (χ0n) is 17.5. The van der Waals surface area contributed by atoms with Gasteiger partial charge in [0.1, 0.15) is 30.8 Å². The van der Waals surface area contributed by atoms with E-state index in [0.29, 0.717) is 28.3 Å². The lowest BCUT2D eigenvalue weighted by atomic mass is 10.1. The predicted molar refractivity (Wildman–Crippen MR) is 119 cm³/mol. The van der Waals surface area contributed by atoms with E-state index in [1.807, 2.05) is 25.1 Å². The maximum atomic E-state index is 12.3. The van der Waals surface area contributed by atoms with Gasteiger partial charge in [0, 0.05) is 16.8 Å². The highest BCUT2D eigenvalue weighted by molar-refractivity contribution is 6.04. The van der Waals surface area contributed by atoms with Gasteiger partial charge >= 0.3 is 0 Å². The normalized spacial score (nSPS) is 11.5. The molecule has 0 aliphatic rings. The van der Waals surface area contributed by atoms with Crippen molar-refractivity contribution in [2.75, 3.05) is 18.5 Å². The van der Waals surface area contributed by atoms with E-state index in [4.69, 9.17) is 9.47 Å². The molecule has 0 aromatic heterocycles. The van der Waals surface area contributed by atoms with Crippen molar-refractivity contribution in [2.24, 2.45) is 0 Å². The summed E-state index contributed by atoms with van der Waals surface area (Å²) in [5, 5.41) is 12.9. The molecule has 0 aliphatic heterocycles. The van der Waals surface area contributed by atoms with E-state index in [9.17, 15) is 14.7 Å². The molecule has 6 heteroatoms. The first kappa shape index (κ1) is 22.1. The van der Waals surface area contributed by atoms with Gasteiger partial charge in [-0.2, -0.15) is 0 Å². The van der Waals surface area contributed by atoms with E-state index in [2.05, 4.69) is 5.32 Å². The summed E-state index contributed by atoms with van der Waals surface area (Å²) in [5.74, 6) is 0.846. The van der Waals surface area contributed by atoms with Crippen LogP contribution in [0.2, 0.25) is 0 Å². The van der Waals surface area contributed by atoms with Gasteiger partial charge in [-0.05, 0) is 62.4 Å². The van der Waals surface area contributed by atoms with Gasteiger partial charge in [0.05, 0.1) is 0 Å². The summed E-state index contributed by atoms with van der Waals surface area (Å²) in [5.41, 5.74) is 2.81. The Labute approximate surface area is 181 Å². The predicted octanol–water partition coefficient (Wildman–Crippen LogP) is 4.27. The number of aliphatic hydroxyl groups excluding tert-OH is 1. The van der Waals surface area contributed by atoms with Crippen molar-refractivity contribution in [1.82, 2.24) is 0 Å². The summed E-state index contributed by atoms with van der Waals surface area (Å²) >= 11 is 0. The second-order valence-electron chi connectivity index (χ2n) is 7.21. The van der Waals surface area contributed by atoms with E-state index in [0.717, 1.165) is 5.56 Å². The minimum absolute atomic E-state index is 0.0337. The van der Waals surface area contributed by atoms with Crippen LogP contribution in [0.25, 0.3) is 0 Å². The second kappa shape index (κ2) is 10.4. The van der Waals surface area contributed by atoms with Gasteiger partial charge in [0.2, 0.25) is 0 Å². The van der Waals surface area contributed by atoms with Crippen molar-refractivity contribution in [3.05, 3.63) is 89.5 Å². The van der Waals surface area contributed by atoms with Crippen molar-refractivity contribution >= 4 is 17.4 Å². The summed E-state index contributed by atoms with van der Waals surface area (Å²) in [4.78, 5) is 23.7. The highest BCUT2D eigenvalue weighted by Gasteiger charge is 2.09. The third-order valence-corrected chi connectivity index (χ3v) is 4.52. The summed E-state index contributed by atoms with van der Waals surface area (Å²) in [6.45, 7) is 3.50. The Kier molecular flexibility index (Phi) is 7.40. The van der Waals surface area contributed by atoms with Crippen LogP contribution in [0.15, 0.2) is 72.8 Å². The fourth-order valence-electron chi connectivity index (χ4n) is 2.86. The molecule has 1 amide bonds. The first-order chi connectivity index (χ1) is 14.9. The van der Waals surface area contributed by atoms with Crippen LogP contribution in [0, 0.1) is 6.92 Å². The van der Waals surface area contributed by atoms with Crippen LogP contribution in [-0.2, 0) is 0 Å². The molecule has 3 aromatic rings. The number of aryl methyl sites for hydroxylation is 1. The molecule has 0 unspecified atom stereocenters. The number of rotatable bonds is 9. The standard InChI is InChI=1S/C25H25NO5/c1-17-5-3-7-20(13-17)25(29)26-21-9-11-23(12-10-21)30-15-22(28)16-31-24-8-4-6-19(14-24)18(2)27/h3-14,22,28H,15-16H2,1-2H3,(H,26,29)/t22-/m0/s1. The Hall–Kier alpha value is -3.64. The number of aliphatic hydroxyl groups is 1. The summed E-state index contributed by atoms with van der Waals surface area (Å²) in [6.07, 6.45) is -0.846. The summed E-state index contributed by atoms with van der Waals surface area (Å²) in [7, 11) is 0. The monoisotopic (exact) mass is 419 g/mol. The van der Waals surface area contributed by atoms with Crippen molar-refractivity contribution in [2.45, 2.75) is 20.0 Å². The van der Waals surface area contributed by atoms with Crippen LogP contribution in [0.3, 0.4) is 0 Å². The zero-order valence-corrected chi connectivity index (χ0v) is 17.5. The number of hydrogen-bond acceptors (Lipinski definition) is 5. The van der Waals surface area contributed by atoms with Crippen LogP contribution < -0.4 is 14.8 Å². The van der Waals surface area contributed by atoms with Gasteiger partial charge in [-0.1, -0.05) is 29.8 Å². The van der Waals surface area contributed by atoms with Crippen molar-refractivity contribution < 1.29 is 24.2 Å². The molecular formula is C25H25NO5. The number of amides is 1. The number of Topliss-reactive ketones (excluding diaryl/α,β-unsaturated/α-hetero) is 1. The van der Waals surface area contributed by atoms with E-state index in [1.54, 1.807) is 54.6 Å². The number of benzene rings is 3. The van der Waals surface area contributed by atoms with Gasteiger partial charge in [0.25, 0.3) is 5.91 Å². The highest BCUT2D eigenvalue weighted by atomic mass is 16.5. The number of hydrogen-bond donors (Lipinski definition) is 2. The van der Waals surface area contributed by atoms with Gasteiger partial charge < -0.3 is 19.9 Å². The van der Waals surface area contributed by atoms with Crippen molar-refractivity contribution in [3.63, 3.8) is 0 Å². The second-order valence-corrected chi connectivity index (χ2v) is 7.21. The van der Waals surface area contributed by atoms with Crippen LogP contribution >= 0.6 is 0 Å². The zero-order chi connectivity index (χ0) is 22.2. The van der Waals surface area contributed by atoms with Crippen molar-refractivity contribution in [1.29, 1.82) is 0 Å². The topological polar surface area (TPSA) is 84.9 Å². The van der Waals surface area contributed by atoms with Gasteiger partial charge in [0.15, 0.2) is 5.78 Å². The lowest BCUT2D eigenvalue weighted by Gasteiger charge is -2.14. The quantitative estimate of drug-likeness (QED) is 0.506. The SMILES string of the molecule is CC(=O)c1cccc(OC[C@@H](O)COc2ccc(NC(=O)c3cccc(C)c3)cc2)c1. The number of ketones is 1. The molecule has 6 nitrogen and oxygen atoms in total. The van der Waals surface area contributed by atoms with Crippen LogP contribution in [0.1, 0.15) is 33.2 Å². The molecule has 0 bridgehead atoms. The van der Waals surface area contributed by atoms with Crippen LogP contribution in [0.4, 0.5) is 5.69 Å². The molecule has 0 saturated carbocycles. The van der Waals surface area contributed by atoms with E-state index in [-0.39, 0.29) is 24.9 Å². The maximum absolute atomic E-state index is 12.3. The molecule has 1 atom stereocenters. The molecule has 0 heterocycles. The molecule has 160 valence electrons. The fourth-order valence-corrected chi connectivity index (χ4v) is 2.86. The molecule has 0 aliphatic carbocycles. The molecule has 3 rings (SSSR count). The molecule has 0 fully saturated rings. The van der Waals surface area contributed by atoms with E-state index < -0.39 is 6.10 Å². The molecule has 2 N–H and O–H groups in total. The number of nitrogens with one attached hydrogen (secondary N) is 1. The first-order valence-corrected chi connectivity index (χ1v) is 9.93. The number of carbonyl (C=O) groups is 2. The minimum Gasteiger partial charge on any atom is -0.491 e. The first-order valence-electron chi connectivity index (χ1n) is 9.93. The summed E-state index contributed by atoms with van der Waals surface area (Å²) in [6, 6.07) is 21.1. The number of carbonyl (C=O) groups excluding carboxylic acids is 2. The molecular weight excluding hydrogens is 394 g/mol. The lowest BCUT2D eigenvalue weighted by Crippen LogP contribution is -2.25. The van der Waals surface area contributed by atoms with Crippen LogP contribution in [0.5, 0.6) is 11.5 Å². The Morgan fingerprint density at radius 2 is 1.52 bits per heavy atom. The maximum Gasteiger partial charge on any atom is 0.255 e. The Bertz CT molecular complexity index is 1050. The average molecular weight is 419 g/mol. The lowest BCUT2D eigenvalue weighted by molar-refractivity contribution is 0.0626. The molecule has 0 saturated heterocycles. The average Bonchev–Trinajstić information content (AvgIpc) is 2.77. The smallest absolute Gasteiger partial charge is 0.255 e. The molecule has 3 aromatic carbocycles. The largest absolute Gasteiger partial charge is 0.491 e. The Morgan fingerprint density at radius 3 is 2.19 bits per heavy atom. The van der Waals surface area contributed by atoms with Crippen LogP contribution in [-0.4, -0.2) is 36.1 Å². The Morgan fingerprint density at radius 1 is 0.871 bits per heavy atom. The van der Waals surface area contributed by atoms with E-state index >= 15 is 0 Å². The third-order valence-electron chi connectivity index (χ3n) is 4.52.